The molecule has 0 fully saturated rings. The molecule has 7 heteroatoms. The summed E-state index contributed by atoms with van der Waals surface area (Å²) in [6.45, 7) is 0. The van der Waals surface area contributed by atoms with Crippen LogP contribution in [0.3, 0.4) is 0 Å². The van der Waals surface area contributed by atoms with Crippen molar-refractivity contribution in [3.8, 4) is 5.75 Å². The molecular weight excluding hydrogens is 262 g/mol. The summed E-state index contributed by atoms with van der Waals surface area (Å²) in [6, 6.07) is 8.27. The second-order valence-corrected chi connectivity index (χ2v) is 4.41. The predicted molar refractivity (Wildman–Crippen MR) is 51.4 cm³/mol. The van der Waals surface area contributed by atoms with Gasteiger partial charge in [-0.3, -0.25) is 0 Å². The molecule has 0 saturated carbocycles. The molecule has 0 aliphatic rings. The van der Waals surface area contributed by atoms with Crippen molar-refractivity contribution < 1.29 is 77.2 Å². The fourth-order valence-corrected chi connectivity index (χ4v) is 2.14. The van der Waals surface area contributed by atoms with Crippen molar-refractivity contribution in [3.05, 3.63) is 36.4 Å². The molecular formula is C10H6Na2O4S. The van der Waals surface area contributed by atoms with Gasteiger partial charge in [0.2, 0.25) is 0 Å². The van der Waals surface area contributed by atoms with E-state index in [-0.39, 0.29) is 80.5 Å². The van der Waals surface area contributed by atoms with E-state index in [0.29, 0.717) is 0 Å². The minimum Gasteiger partial charge on any atom is -0.872 e. The van der Waals surface area contributed by atoms with E-state index in [4.69, 9.17) is 0 Å². The second kappa shape index (κ2) is 6.54. The summed E-state index contributed by atoms with van der Waals surface area (Å²) in [4.78, 5) is -0.349. The Bertz CT molecular complexity index is 625. The van der Waals surface area contributed by atoms with Gasteiger partial charge in [0.25, 0.3) is 0 Å². The molecule has 17 heavy (non-hydrogen) atoms. The second-order valence-electron chi connectivity index (χ2n) is 3.06. The van der Waals surface area contributed by atoms with Gasteiger partial charge in [0.1, 0.15) is 10.1 Å². The fourth-order valence-electron chi connectivity index (χ4n) is 1.46. The first-order chi connectivity index (χ1) is 7.00. The molecule has 0 aliphatic heterocycles. The van der Waals surface area contributed by atoms with Crippen LogP contribution in [0.1, 0.15) is 0 Å². The maximum Gasteiger partial charge on any atom is 1.00 e. The third kappa shape index (κ3) is 3.68. The summed E-state index contributed by atoms with van der Waals surface area (Å²) in [6.07, 6.45) is 0. The molecule has 0 aliphatic carbocycles. The zero-order valence-corrected chi connectivity index (χ0v) is 14.3. The molecule has 0 spiro atoms. The van der Waals surface area contributed by atoms with Crippen LogP contribution in [0.5, 0.6) is 5.75 Å². The maximum atomic E-state index is 11.4. The Morgan fingerprint density at radius 2 is 1.41 bits per heavy atom. The Morgan fingerprint density at radius 1 is 0.882 bits per heavy atom. The molecule has 2 aromatic carbocycles. The van der Waals surface area contributed by atoms with E-state index in [1.54, 1.807) is 12.1 Å². The molecule has 4 nitrogen and oxygen atoms in total. The van der Waals surface area contributed by atoms with Gasteiger partial charge in [-0.2, -0.15) is 0 Å². The Hall–Kier alpha value is 0.410. The van der Waals surface area contributed by atoms with Crippen LogP contribution in [0.25, 0.3) is 10.8 Å². The first-order valence-electron chi connectivity index (χ1n) is 4.15. The number of benzene rings is 2. The Balaban J connectivity index is 0.00000128. The standard InChI is InChI=1S/C10H8O4S.2Na/c11-9-5-6-10(15(12,13)14)8-4-2-1-3-7(8)9;;/h1-6,11H,(H,12,13,14);;/q;2*+1/p-2. The Kier molecular flexibility index (Phi) is 6.70. The molecule has 2 rings (SSSR count). The Morgan fingerprint density at radius 3 is 1.94 bits per heavy atom. The molecule has 0 aromatic heterocycles. The first kappa shape index (κ1) is 17.4. The average Bonchev–Trinajstić information content (AvgIpc) is 2.17. The number of fused-ring (bicyclic) bond motifs is 1. The summed E-state index contributed by atoms with van der Waals surface area (Å²) < 4.78 is 32.7. The van der Waals surface area contributed by atoms with E-state index < -0.39 is 10.1 Å². The summed E-state index contributed by atoms with van der Waals surface area (Å²) in [5, 5.41) is 11.8. The van der Waals surface area contributed by atoms with Gasteiger partial charge in [0.15, 0.2) is 0 Å². The van der Waals surface area contributed by atoms with E-state index in [2.05, 4.69) is 0 Å². The molecule has 78 valence electrons. The van der Waals surface area contributed by atoms with Gasteiger partial charge in [-0.1, -0.05) is 30.3 Å². The van der Waals surface area contributed by atoms with Gasteiger partial charge in [-0.25, -0.2) is 8.42 Å². The average molecular weight is 268 g/mol. The van der Waals surface area contributed by atoms with Crippen molar-refractivity contribution >= 4 is 20.9 Å². The largest absolute Gasteiger partial charge is 1.00 e. The van der Waals surface area contributed by atoms with E-state index in [9.17, 15) is 18.1 Å². The van der Waals surface area contributed by atoms with E-state index in [0.717, 1.165) is 12.1 Å². The molecule has 0 heterocycles. The van der Waals surface area contributed by atoms with Crippen molar-refractivity contribution in [2.45, 2.75) is 4.90 Å². The molecule has 0 amide bonds. The summed E-state index contributed by atoms with van der Waals surface area (Å²) in [7, 11) is -4.54. The van der Waals surface area contributed by atoms with E-state index in [1.807, 2.05) is 0 Å². The zero-order valence-electron chi connectivity index (χ0n) is 9.51. The fraction of sp³-hybridized carbons (Fsp3) is 0. The van der Waals surface area contributed by atoms with Crippen molar-refractivity contribution in [2.24, 2.45) is 0 Å². The van der Waals surface area contributed by atoms with Gasteiger partial charge in [-0.05, 0) is 16.8 Å². The SMILES string of the molecule is O=S(=O)([O-])c1ccc([O-])c2ccccc12.[Na+].[Na+]. The third-order valence-electron chi connectivity index (χ3n) is 2.11. The van der Waals surface area contributed by atoms with Crippen LogP contribution < -0.4 is 64.2 Å². The molecule has 0 radical (unpaired) electrons. The van der Waals surface area contributed by atoms with Crippen molar-refractivity contribution in [1.29, 1.82) is 0 Å². The number of rotatable bonds is 1. The predicted octanol–water partition coefficient (Wildman–Crippen LogP) is -5.17. The first-order valence-corrected chi connectivity index (χ1v) is 5.55. The Labute approximate surface area is 143 Å². The third-order valence-corrected chi connectivity index (χ3v) is 3.01. The molecule has 0 atom stereocenters. The topological polar surface area (TPSA) is 80.3 Å². The van der Waals surface area contributed by atoms with Crippen LogP contribution in [0, 0.1) is 0 Å². The molecule has 0 saturated heterocycles. The number of hydrogen-bond donors (Lipinski definition) is 0. The van der Waals surface area contributed by atoms with Gasteiger partial charge in [0.05, 0.1) is 4.90 Å². The maximum absolute atomic E-state index is 11.4. The minimum atomic E-state index is -4.54. The van der Waals surface area contributed by atoms with Crippen LogP contribution in [0.2, 0.25) is 0 Å². The smallest absolute Gasteiger partial charge is 0.872 e. The van der Waals surface area contributed by atoms with Crippen molar-refractivity contribution in [2.75, 3.05) is 0 Å². The summed E-state index contributed by atoms with van der Waals surface area (Å²) in [5.74, 6) is -0.294. The van der Waals surface area contributed by atoms with Crippen LogP contribution in [0.15, 0.2) is 41.3 Å². The van der Waals surface area contributed by atoms with E-state index in [1.165, 1.54) is 12.1 Å². The van der Waals surface area contributed by atoms with Crippen LogP contribution in [-0.2, 0) is 10.1 Å². The molecule has 0 bridgehead atoms. The van der Waals surface area contributed by atoms with Crippen LogP contribution >= 0.6 is 0 Å². The van der Waals surface area contributed by atoms with Gasteiger partial charge >= 0.3 is 59.1 Å². The van der Waals surface area contributed by atoms with Crippen LogP contribution in [0.4, 0.5) is 0 Å². The molecule has 2 aromatic rings. The van der Waals surface area contributed by atoms with Crippen molar-refractivity contribution in [3.63, 3.8) is 0 Å². The van der Waals surface area contributed by atoms with Crippen LogP contribution in [-0.4, -0.2) is 13.0 Å². The quantitative estimate of drug-likeness (QED) is 0.382. The zero-order chi connectivity index (χ0) is 11.1. The summed E-state index contributed by atoms with van der Waals surface area (Å²) >= 11 is 0. The molecule has 0 unspecified atom stereocenters. The monoisotopic (exact) mass is 268 g/mol. The van der Waals surface area contributed by atoms with Gasteiger partial charge in [-0.15, -0.1) is 5.75 Å². The van der Waals surface area contributed by atoms with E-state index >= 15 is 0 Å². The van der Waals surface area contributed by atoms with Crippen molar-refractivity contribution in [1.82, 2.24) is 0 Å². The molecule has 0 N–H and O–H groups in total. The number of hydrogen-bond acceptors (Lipinski definition) is 4. The van der Waals surface area contributed by atoms with Gasteiger partial charge < -0.3 is 9.66 Å². The normalized spacial score (nSPS) is 10.4. The van der Waals surface area contributed by atoms with Gasteiger partial charge in [0, 0.05) is 0 Å². The minimum absolute atomic E-state index is 0. The summed E-state index contributed by atoms with van der Waals surface area (Å²) in [5.41, 5.74) is 0.